The molecule has 4 nitrogen and oxygen atoms in total. The number of benzene rings is 1. The summed E-state index contributed by atoms with van der Waals surface area (Å²) >= 11 is 5.83. The van der Waals surface area contributed by atoms with Crippen molar-refractivity contribution in [3.05, 3.63) is 29.3 Å². The molecule has 2 rings (SSSR count). The molecule has 0 radical (unpaired) electrons. The van der Waals surface area contributed by atoms with Crippen molar-refractivity contribution in [1.29, 1.82) is 0 Å². The number of sulfonamides is 1. The van der Waals surface area contributed by atoms with E-state index < -0.39 is 10.0 Å². The second kappa shape index (κ2) is 6.11. The highest BCUT2D eigenvalue weighted by Gasteiger charge is 2.25. The molecule has 1 aliphatic heterocycles. The van der Waals surface area contributed by atoms with Crippen molar-refractivity contribution in [3.8, 4) is 0 Å². The largest absolute Gasteiger partial charge is 0.385 e. The van der Waals surface area contributed by atoms with E-state index in [1.54, 1.807) is 4.31 Å². The van der Waals surface area contributed by atoms with Crippen LogP contribution in [0.4, 0.5) is 5.69 Å². The Morgan fingerprint density at radius 3 is 2.68 bits per heavy atom. The maximum absolute atomic E-state index is 11.5. The van der Waals surface area contributed by atoms with E-state index in [2.05, 4.69) is 5.32 Å². The van der Waals surface area contributed by atoms with Gasteiger partial charge in [-0.25, -0.2) is 12.7 Å². The Morgan fingerprint density at radius 1 is 1.37 bits per heavy atom. The first kappa shape index (κ1) is 14.6. The van der Waals surface area contributed by atoms with Crippen molar-refractivity contribution in [1.82, 2.24) is 4.31 Å². The molecule has 1 N–H and O–H groups in total. The van der Waals surface area contributed by atoms with Gasteiger partial charge in [0.1, 0.15) is 0 Å². The zero-order chi connectivity index (χ0) is 13.9. The average molecular weight is 303 g/mol. The third kappa shape index (κ3) is 4.37. The van der Waals surface area contributed by atoms with Crippen molar-refractivity contribution in [2.75, 3.05) is 31.2 Å². The zero-order valence-electron chi connectivity index (χ0n) is 11.0. The van der Waals surface area contributed by atoms with Crippen LogP contribution in [0.1, 0.15) is 12.8 Å². The number of anilines is 1. The van der Waals surface area contributed by atoms with Crippen LogP contribution in [0.25, 0.3) is 0 Å². The molecule has 1 heterocycles. The van der Waals surface area contributed by atoms with Gasteiger partial charge in [-0.3, -0.25) is 0 Å². The SMILES string of the molecule is CS(=O)(=O)N1CCCC(CNc2ccc(Cl)cc2)C1. The third-order valence-electron chi connectivity index (χ3n) is 3.39. The predicted molar refractivity (Wildman–Crippen MR) is 79.1 cm³/mol. The number of nitrogens with one attached hydrogen (secondary N) is 1. The molecule has 0 bridgehead atoms. The summed E-state index contributed by atoms with van der Waals surface area (Å²) in [7, 11) is -3.06. The van der Waals surface area contributed by atoms with E-state index in [1.165, 1.54) is 6.26 Å². The lowest BCUT2D eigenvalue weighted by molar-refractivity contribution is 0.277. The predicted octanol–water partition coefficient (Wildman–Crippen LogP) is 2.42. The number of hydrogen-bond acceptors (Lipinski definition) is 3. The molecular formula is C13H19ClN2O2S. The second-order valence-corrected chi connectivity index (χ2v) is 7.44. The van der Waals surface area contributed by atoms with Gasteiger partial charge in [0, 0.05) is 30.3 Å². The Hall–Kier alpha value is -0.780. The van der Waals surface area contributed by atoms with E-state index in [0.29, 0.717) is 24.0 Å². The molecule has 1 fully saturated rings. The molecule has 1 atom stereocenters. The molecule has 0 spiro atoms. The van der Waals surface area contributed by atoms with Crippen molar-refractivity contribution < 1.29 is 8.42 Å². The van der Waals surface area contributed by atoms with Crippen molar-refractivity contribution in [2.24, 2.45) is 5.92 Å². The number of rotatable bonds is 4. The van der Waals surface area contributed by atoms with Crippen LogP contribution in [-0.4, -0.2) is 38.6 Å². The normalized spacial score (nSPS) is 21.3. The minimum atomic E-state index is -3.06. The number of hydrogen-bond donors (Lipinski definition) is 1. The summed E-state index contributed by atoms with van der Waals surface area (Å²) in [5.74, 6) is 0.360. The van der Waals surface area contributed by atoms with E-state index in [4.69, 9.17) is 11.6 Å². The van der Waals surface area contributed by atoms with E-state index >= 15 is 0 Å². The summed E-state index contributed by atoms with van der Waals surface area (Å²) in [6, 6.07) is 7.54. The molecule has 1 aromatic rings. The fourth-order valence-corrected chi connectivity index (χ4v) is 3.39. The Balaban J connectivity index is 1.87. The smallest absolute Gasteiger partial charge is 0.211 e. The van der Waals surface area contributed by atoms with Gasteiger partial charge in [0.15, 0.2) is 0 Å². The molecule has 1 saturated heterocycles. The molecule has 19 heavy (non-hydrogen) atoms. The first-order valence-electron chi connectivity index (χ1n) is 6.40. The Labute approximate surface area is 119 Å². The van der Waals surface area contributed by atoms with Gasteiger partial charge in [-0.15, -0.1) is 0 Å². The second-order valence-electron chi connectivity index (χ2n) is 5.02. The Morgan fingerprint density at radius 2 is 2.05 bits per heavy atom. The standard InChI is InChI=1S/C13H19ClN2O2S/c1-19(17,18)16-8-2-3-11(10-16)9-15-13-6-4-12(14)5-7-13/h4-7,11,15H,2-3,8-10H2,1H3. The summed E-state index contributed by atoms with van der Waals surface area (Å²) in [6.45, 7) is 2.04. The van der Waals surface area contributed by atoms with Gasteiger partial charge in [-0.05, 0) is 43.0 Å². The zero-order valence-corrected chi connectivity index (χ0v) is 12.5. The van der Waals surface area contributed by atoms with Crippen molar-refractivity contribution >= 4 is 27.3 Å². The van der Waals surface area contributed by atoms with Gasteiger partial charge in [0.05, 0.1) is 6.26 Å². The first-order chi connectivity index (χ1) is 8.95. The van der Waals surface area contributed by atoms with Gasteiger partial charge in [-0.1, -0.05) is 11.6 Å². The first-order valence-corrected chi connectivity index (χ1v) is 8.62. The maximum atomic E-state index is 11.5. The average Bonchev–Trinajstić information content (AvgIpc) is 2.37. The van der Waals surface area contributed by atoms with E-state index in [-0.39, 0.29) is 0 Å². The summed E-state index contributed by atoms with van der Waals surface area (Å²) in [6.07, 6.45) is 3.27. The van der Waals surface area contributed by atoms with Crippen LogP contribution in [0, 0.1) is 5.92 Å². The highest BCUT2D eigenvalue weighted by molar-refractivity contribution is 7.88. The van der Waals surface area contributed by atoms with Crippen molar-refractivity contribution in [2.45, 2.75) is 12.8 Å². The fraction of sp³-hybridized carbons (Fsp3) is 0.538. The van der Waals surface area contributed by atoms with Gasteiger partial charge in [0.25, 0.3) is 0 Å². The molecule has 0 aromatic heterocycles. The molecule has 1 aromatic carbocycles. The molecule has 0 saturated carbocycles. The van der Waals surface area contributed by atoms with Gasteiger partial charge < -0.3 is 5.32 Å². The molecule has 1 aliphatic rings. The third-order valence-corrected chi connectivity index (χ3v) is 4.91. The lowest BCUT2D eigenvalue weighted by Gasteiger charge is -2.31. The molecular weight excluding hydrogens is 284 g/mol. The quantitative estimate of drug-likeness (QED) is 0.929. The minimum absolute atomic E-state index is 0.360. The van der Waals surface area contributed by atoms with Gasteiger partial charge in [0.2, 0.25) is 10.0 Å². The molecule has 6 heteroatoms. The minimum Gasteiger partial charge on any atom is -0.385 e. The summed E-state index contributed by atoms with van der Waals surface area (Å²) in [5, 5.41) is 4.05. The van der Waals surface area contributed by atoms with E-state index in [9.17, 15) is 8.42 Å². The maximum Gasteiger partial charge on any atom is 0.211 e. The summed E-state index contributed by atoms with van der Waals surface area (Å²) in [5.41, 5.74) is 1.01. The van der Waals surface area contributed by atoms with E-state index in [1.807, 2.05) is 24.3 Å². The van der Waals surface area contributed by atoms with Crippen LogP contribution in [0.5, 0.6) is 0 Å². The van der Waals surface area contributed by atoms with Crippen molar-refractivity contribution in [3.63, 3.8) is 0 Å². The van der Waals surface area contributed by atoms with Gasteiger partial charge >= 0.3 is 0 Å². The van der Waals surface area contributed by atoms with Crippen LogP contribution in [0.3, 0.4) is 0 Å². The van der Waals surface area contributed by atoms with Crippen LogP contribution >= 0.6 is 11.6 Å². The lowest BCUT2D eigenvalue weighted by atomic mass is 9.99. The number of nitrogens with zero attached hydrogens (tertiary/aromatic N) is 1. The lowest BCUT2D eigenvalue weighted by Crippen LogP contribution is -2.41. The van der Waals surface area contributed by atoms with Crippen LogP contribution in [0.15, 0.2) is 24.3 Å². The Bertz CT molecular complexity index is 516. The topological polar surface area (TPSA) is 49.4 Å². The Kier molecular flexibility index (Phi) is 4.71. The fourth-order valence-electron chi connectivity index (χ4n) is 2.32. The highest BCUT2D eigenvalue weighted by atomic mass is 35.5. The summed E-state index contributed by atoms with van der Waals surface area (Å²) < 4.78 is 24.6. The van der Waals surface area contributed by atoms with Gasteiger partial charge in [-0.2, -0.15) is 0 Å². The number of halogens is 1. The highest BCUT2D eigenvalue weighted by Crippen LogP contribution is 2.20. The molecule has 0 aliphatic carbocycles. The van der Waals surface area contributed by atoms with E-state index in [0.717, 1.165) is 25.1 Å². The van der Waals surface area contributed by atoms with Crippen LogP contribution in [-0.2, 0) is 10.0 Å². The van der Waals surface area contributed by atoms with Crippen LogP contribution in [0.2, 0.25) is 5.02 Å². The molecule has 1 unspecified atom stereocenters. The molecule has 0 amide bonds. The number of piperidine rings is 1. The summed E-state index contributed by atoms with van der Waals surface area (Å²) in [4.78, 5) is 0. The molecule has 106 valence electrons. The van der Waals surface area contributed by atoms with Crippen LogP contribution < -0.4 is 5.32 Å². The monoisotopic (exact) mass is 302 g/mol.